The van der Waals surface area contributed by atoms with Gasteiger partial charge in [0.25, 0.3) is 0 Å². The van der Waals surface area contributed by atoms with E-state index in [9.17, 15) is 0 Å². The third kappa shape index (κ3) is 1.90. The highest BCUT2D eigenvalue weighted by Gasteiger charge is 2.70. The van der Waals surface area contributed by atoms with Crippen LogP contribution in [0.1, 0.15) is 22.9 Å². The molecule has 1 saturated heterocycles. The third-order valence-electron chi connectivity index (χ3n) is 5.30. The SMILES string of the molecule is c1ccc(C2=N[C@H](c3ccccc3)[NH+]3C[C@]23c2ccccc2)cc1. The Bertz CT molecular complexity index is 887. The number of nitrogens with zero attached hydrogens (tertiary/aromatic N) is 1. The molecule has 2 nitrogen and oxygen atoms in total. The van der Waals surface area contributed by atoms with Gasteiger partial charge in [-0.25, -0.2) is 4.99 Å². The molecule has 1 unspecified atom stereocenters. The van der Waals surface area contributed by atoms with Gasteiger partial charge in [-0.15, -0.1) is 0 Å². The monoisotopic (exact) mass is 311 g/mol. The summed E-state index contributed by atoms with van der Waals surface area (Å²) in [5.74, 6) is 0. The first-order valence-corrected chi connectivity index (χ1v) is 8.50. The first-order valence-electron chi connectivity index (χ1n) is 8.50. The summed E-state index contributed by atoms with van der Waals surface area (Å²) in [4.78, 5) is 6.73. The van der Waals surface area contributed by atoms with Crippen LogP contribution in [0, 0.1) is 0 Å². The van der Waals surface area contributed by atoms with Crippen molar-refractivity contribution in [3.8, 4) is 0 Å². The zero-order valence-electron chi connectivity index (χ0n) is 13.4. The molecule has 0 amide bonds. The van der Waals surface area contributed by atoms with Crippen LogP contribution < -0.4 is 4.90 Å². The molecule has 3 aromatic carbocycles. The van der Waals surface area contributed by atoms with Crippen LogP contribution >= 0.6 is 0 Å². The van der Waals surface area contributed by atoms with E-state index in [-0.39, 0.29) is 11.7 Å². The molecular formula is C22H19N2+. The van der Waals surface area contributed by atoms with Gasteiger partial charge in [0.1, 0.15) is 12.3 Å². The maximum Gasteiger partial charge on any atom is 0.218 e. The number of hydrogen-bond acceptors (Lipinski definition) is 1. The van der Waals surface area contributed by atoms with Crippen LogP contribution in [0.15, 0.2) is 96.0 Å². The van der Waals surface area contributed by atoms with E-state index in [2.05, 4.69) is 91.0 Å². The molecule has 0 spiro atoms. The van der Waals surface area contributed by atoms with Gasteiger partial charge in [-0.3, -0.25) is 4.90 Å². The van der Waals surface area contributed by atoms with E-state index in [4.69, 9.17) is 4.99 Å². The summed E-state index contributed by atoms with van der Waals surface area (Å²) in [6, 6.07) is 32.2. The number of aliphatic imine (C=N–C) groups is 1. The van der Waals surface area contributed by atoms with Crippen molar-refractivity contribution in [3.05, 3.63) is 108 Å². The average Bonchev–Trinajstić information content (AvgIpc) is 3.33. The lowest BCUT2D eigenvalue weighted by atomic mass is 9.90. The van der Waals surface area contributed by atoms with Crippen molar-refractivity contribution >= 4 is 5.71 Å². The lowest BCUT2D eigenvalue weighted by Crippen LogP contribution is -2.95. The summed E-state index contributed by atoms with van der Waals surface area (Å²) in [5.41, 5.74) is 5.17. The van der Waals surface area contributed by atoms with Gasteiger partial charge in [0.05, 0.1) is 0 Å². The van der Waals surface area contributed by atoms with Gasteiger partial charge in [0.15, 0.2) is 0 Å². The minimum atomic E-state index is 0.0170. The second kappa shape index (κ2) is 5.15. The van der Waals surface area contributed by atoms with Gasteiger partial charge >= 0.3 is 0 Å². The molecule has 0 radical (unpaired) electrons. The summed E-state index contributed by atoms with van der Waals surface area (Å²) in [6.45, 7) is 1.12. The number of quaternary nitrogens is 1. The molecule has 116 valence electrons. The highest BCUT2D eigenvalue weighted by molar-refractivity contribution is 6.09. The lowest BCUT2D eigenvalue weighted by molar-refractivity contribution is -0.818. The Kier molecular flexibility index (Phi) is 2.94. The molecular weight excluding hydrogens is 292 g/mol. The van der Waals surface area contributed by atoms with Crippen LogP contribution in [0.3, 0.4) is 0 Å². The van der Waals surface area contributed by atoms with Crippen molar-refractivity contribution in [2.75, 3.05) is 6.54 Å². The van der Waals surface area contributed by atoms with Gasteiger partial charge in [-0.1, -0.05) is 91.0 Å². The summed E-state index contributed by atoms with van der Waals surface area (Å²) >= 11 is 0. The van der Waals surface area contributed by atoms with Crippen molar-refractivity contribution in [1.29, 1.82) is 0 Å². The summed E-state index contributed by atoms with van der Waals surface area (Å²) in [5, 5.41) is 0. The molecule has 3 aromatic rings. The Morgan fingerprint density at radius 1 is 0.750 bits per heavy atom. The molecule has 2 heteroatoms. The van der Waals surface area contributed by atoms with E-state index in [0.717, 1.165) is 6.54 Å². The van der Waals surface area contributed by atoms with Crippen molar-refractivity contribution in [1.82, 2.24) is 0 Å². The number of fused-ring (bicyclic) bond motifs is 1. The van der Waals surface area contributed by atoms with Crippen LogP contribution in [-0.4, -0.2) is 12.3 Å². The fraction of sp³-hybridized carbons (Fsp3) is 0.136. The zero-order chi connectivity index (χ0) is 16.0. The third-order valence-corrected chi connectivity index (χ3v) is 5.30. The Balaban J connectivity index is 1.66. The predicted octanol–water partition coefficient (Wildman–Crippen LogP) is 2.98. The van der Waals surface area contributed by atoms with Crippen LogP contribution in [0.2, 0.25) is 0 Å². The molecule has 0 aromatic heterocycles. The van der Waals surface area contributed by atoms with E-state index >= 15 is 0 Å². The van der Waals surface area contributed by atoms with Gasteiger partial charge in [-0.05, 0) is 0 Å². The molecule has 1 N–H and O–H groups in total. The molecule has 0 saturated carbocycles. The first-order chi connectivity index (χ1) is 11.9. The maximum absolute atomic E-state index is 5.19. The van der Waals surface area contributed by atoms with Crippen molar-refractivity contribution in [2.24, 2.45) is 4.99 Å². The topological polar surface area (TPSA) is 16.8 Å². The highest BCUT2D eigenvalue weighted by atomic mass is 15.5. The second-order valence-electron chi connectivity index (χ2n) is 6.63. The lowest BCUT2D eigenvalue weighted by Gasteiger charge is -2.11. The quantitative estimate of drug-likeness (QED) is 0.716. The zero-order valence-corrected chi connectivity index (χ0v) is 13.4. The van der Waals surface area contributed by atoms with Gasteiger partial charge in [0, 0.05) is 16.7 Å². The van der Waals surface area contributed by atoms with E-state index < -0.39 is 0 Å². The fourth-order valence-electron chi connectivity index (χ4n) is 4.10. The van der Waals surface area contributed by atoms with Crippen molar-refractivity contribution in [2.45, 2.75) is 11.7 Å². The molecule has 2 aliphatic heterocycles. The molecule has 24 heavy (non-hydrogen) atoms. The minimum absolute atomic E-state index is 0.0170. The van der Waals surface area contributed by atoms with E-state index in [1.54, 1.807) is 4.90 Å². The Hall–Kier alpha value is -2.71. The van der Waals surface area contributed by atoms with Crippen LogP contribution in [-0.2, 0) is 5.54 Å². The van der Waals surface area contributed by atoms with Gasteiger partial charge < -0.3 is 0 Å². The van der Waals surface area contributed by atoms with E-state index in [0.29, 0.717) is 0 Å². The van der Waals surface area contributed by atoms with Crippen LogP contribution in [0.25, 0.3) is 0 Å². The summed E-state index contributed by atoms with van der Waals surface area (Å²) in [7, 11) is 0. The number of hydrogen-bond donors (Lipinski definition) is 1. The van der Waals surface area contributed by atoms with Crippen LogP contribution in [0.5, 0.6) is 0 Å². The summed E-state index contributed by atoms with van der Waals surface area (Å²) < 4.78 is 0. The minimum Gasteiger partial charge on any atom is -0.286 e. The fourth-order valence-corrected chi connectivity index (χ4v) is 4.10. The normalized spacial score (nSPS) is 27.4. The highest BCUT2D eigenvalue weighted by Crippen LogP contribution is 2.38. The molecule has 2 heterocycles. The first kappa shape index (κ1) is 13.7. The van der Waals surface area contributed by atoms with Crippen molar-refractivity contribution < 1.29 is 4.90 Å². The number of rotatable bonds is 3. The number of benzene rings is 3. The molecule has 1 fully saturated rings. The van der Waals surface area contributed by atoms with Crippen molar-refractivity contribution in [3.63, 3.8) is 0 Å². The standard InChI is InChI=1S/C22H18N2/c1-4-10-17(11-5-1)20-22(19-14-8-3-9-15-19)16-24(22)21(23-20)18-12-6-2-7-13-18/h1-15,21H,16H2/p+1/t21-,22-,24?/m0/s1. The number of nitrogens with one attached hydrogen (secondary N) is 1. The van der Waals surface area contributed by atoms with E-state index in [1.807, 2.05) is 0 Å². The van der Waals surface area contributed by atoms with Gasteiger partial charge in [-0.2, -0.15) is 0 Å². The Morgan fingerprint density at radius 2 is 1.33 bits per heavy atom. The largest absolute Gasteiger partial charge is 0.286 e. The molecule has 5 rings (SSSR count). The second-order valence-corrected chi connectivity index (χ2v) is 6.63. The predicted molar refractivity (Wildman–Crippen MR) is 96.1 cm³/mol. The Labute approximate surface area is 142 Å². The average molecular weight is 311 g/mol. The summed E-state index contributed by atoms with van der Waals surface area (Å²) in [6.07, 6.45) is 0.196. The van der Waals surface area contributed by atoms with Gasteiger partial charge in [0.2, 0.25) is 11.7 Å². The van der Waals surface area contributed by atoms with Crippen LogP contribution in [0.4, 0.5) is 0 Å². The Morgan fingerprint density at radius 3 is 2.00 bits per heavy atom. The molecule has 0 aliphatic carbocycles. The smallest absolute Gasteiger partial charge is 0.218 e. The molecule has 3 atom stereocenters. The maximum atomic E-state index is 5.19. The molecule has 2 aliphatic rings. The van der Waals surface area contributed by atoms with E-state index in [1.165, 1.54) is 22.4 Å². The molecule has 0 bridgehead atoms.